The van der Waals surface area contributed by atoms with E-state index in [2.05, 4.69) is 20.6 Å². The molecule has 0 fully saturated rings. The van der Waals surface area contributed by atoms with Crippen molar-refractivity contribution in [3.8, 4) is 0 Å². The van der Waals surface area contributed by atoms with Gasteiger partial charge in [0.1, 0.15) is 11.8 Å². The van der Waals surface area contributed by atoms with Crippen LogP contribution in [0.3, 0.4) is 0 Å². The van der Waals surface area contributed by atoms with Gasteiger partial charge in [-0.3, -0.25) is 4.79 Å². The third-order valence-electron chi connectivity index (χ3n) is 2.40. The summed E-state index contributed by atoms with van der Waals surface area (Å²) in [6.07, 6.45) is -1.42. The highest BCUT2D eigenvalue weighted by molar-refractivity contribution is 7.98. The molecule has 0 aliphatic heterocycles. The number of nitrogen functional groups attached to an aromatic ring is 1. The second-order valence-electron chi connectivity index (χ2n) is 3.81. The second kappa shape index (κ2) is 7.61. The molecule has 0 saturated heterocycles. The number of nitrogens with one attached hydrogen (secondary N) is 2. The van der Waals surface area contributed by atoms with Crippen molar-refractivity contribution in [1.29, 1.82) is 0 Å². The topological polar surface area (TPSA) is 171 Å². The fourth-order valence-corrected chi connectivity index (χ4v) is 1.73. The predicted molar refractivity (Wildman–Crippen MR) is 76.1 cm³/mol. The fourth-order valence-electron chi connectivity index (χ4n) is 1.35. The lowest BCUT2D eigenvalue weighted by atomic mass is 10.2. The Bertz CT molecular complexity index is 529. The quantitative estimate of drug-likeness (QED) is 0.190. The Morgan fingerprint density at radius 3 is 2.67 bits per heavy atom. The molecule has 1 rings (SSSR count). The number of aliphatic carboxylic acids is 1. The maximum Gasteiger partial charge on any atom is 0.335 e. The number of nitrogens with zero attached hydrogens (tertiary/aromatic N) is 2. The van der Waals surface area contributed by atoms with Gasteiger partial charge in [0.05, 0.1) is 0 Å². The molecule has 0 unspecified atom stereocenters. The third-order valence-corrected chi connectivity index (χ3v) is 2.95. The molecule has 21 heavy (non-hydrogen) atoms. The van der Waals surface area contributed by atoms with Crippen LogP contribution in [0.2, 0.25) is 0 Å². The monoisotopic (exact) mass is 317 g/mol. The van der Waals surface area contributed by atoms with Crippen LogP contribution >= 0.6 is 11.8 Å². The highest BCUT2D eigenvalue weighted by Crippen LogP contribution is 2.27. The fraction of sp³-hybridized carbons (Fsp3) is 0.400. The highest BCUT2D eigenvalue weighted by Gasteiger charge is 2.24. The Hall–Kier alpha value is -2.11. The standard InChI is InChI=1S/C10H15N5O5S/c1-21-10-14-7(11)5(13-3-16)8(15-10)12-2-4(17)6(18)9(19)20/h3-4,6,17-18H,2H2,1H3,(H,13,16)(H,19,20)(H3,11,12,14,15)/t4-,6-/m1/s1. The summed E-state index contributed by atoms with van der Waals surface area (Å²) in [7, 11) is 0. The first-order chi connectivity index (χ1) is 9.90. The maximum absolute atomic E-state index is 10.5. The van der Waals surface area contributed by atoms with E-state index < -0.39 is 18.2 Å². The number of aliphatic hydroxyl groups excluding tert-OH is 2. The molecule has 0 aliphatic rings. The SMILES string of the molecule is CSc1nc(N)c(NC=O)c(NC[C@@H](O)[C@@H](O)C(=O)O)n1. The lowest BCUT2D eigenvalue weighted by molar-refractivity contribution is -0.152. The van der Waals surface area contributed by atoms with E-state index in [1.165, 1.54) is 11.8 Å². The second-order valence-corrected chi connectivity index (χ2v) is 4.59. The van der Waals surface area contributed by atoms with Crippen molar-refractivity contribution in [2.45, 2.75) is 17.4 Å². The Labute approximate surface area is 123 Å². The van der Waals surface area contributed by atoms with Crippen LogP contribution in [0.4, 0.5) is 17.3 Å². The summed E-state index contributed by atoms with van der Waals surface area (Å²) in [4.78, 5) is 29.0. The van der Waals surface area contributed by atoms with Crippen molar-refractivity contribution in [3.63, 3.8) is 0 Å². The zero-order valence-corrected chi connectivity index (χ0v) is 11.8. The largest absolute Gasteiger partial charge is 0.479 e. The molecule has 0 saturated carbocycles. The van der Waals surface area contributed by atoms with E-state index in [0.717, 1.165) is 0 Å². The van der Waals surface area contributed by atoms with Crippen LogP contribution in [0.5, 0.6) is 0 Å². The van der Waals surface area contributed by atoms with Gasteiger partial charge in [0.15, 0.2) is 22.9 Å². The molecule has 1 aromatic heterocycles. The first kappa shape index (κ1) is 16.9. The summed E-state index contributed by atoms with van der Waals surface area (Å²) in [5.74, 6) is -1.43. The molecule has 1 aromatic rings. The van der Waals surface area contributed by atoms with E-state index in [0.29, 0.717) is 11.6 Å². The van der Waals surface area contributed by atoms with Crippen LogP contribution in [0.1, 0.15) is 0 Å². The molecule has 0 aliphatic carbocycles. The molecule has 1 heterocycles. The van der Waals surface area contributed by atoms with Crippen LogP contribution in [0, 0.1) is 0 Å². The minimum absolute atomic E-state index is 0.0113. The van der Waals surface area contributed by atoms with Crippen molar-refractivity contribution in [2.75, 3.05) is 29.2 Å². The molecule has 1 amide bonds. The Kier molecular flexibility index (Phi) is 6.14. The van der Waals surface area contributed by atoms with E-state index in [1.807, 2.05) is 0 Å². The molecular formula is C10H15N5O5S. The van der Waals surface area contributed by atoms with E-state index in [1.54, 1.807) is 6.26 Å². The van der Waals surface area contributed by atoms with Crippen molar-refractivity contribution in [2.24, 2.45) is 0 Å². The molecule has 11 heteroatoms. The first-order valence-corrected chi connectivity index (χ1v) is 6.87. The van der Waals surface area contributed by atoms with Crippen LogP contribution < -0.4 is 16.4 Å². The van der Waals surface area contributed by atoms with Gasteiger partial charge in [-0.15, -0.1) is 0 Å². The first-order valence-electron chi connectivity index (χ1n) is 5.65. The summed E-state index contributed by atoms with van der Waals surface area (Å²) in [5, 5.41) is 32.5. The van der Waals surface area contributed by atoms with E-state index in [-0.39, 0.29) is 23.9 Å². The number of anilines is 3. The molecule has 0 radical (unpaired) electrons. The number of aromatic nitrogens is 2. The van der Waals surface area contributed by atoms with Gasteiger partial charge >= 0.3 is 5.97 Å². The summed E-state index contributed by atoms with van der Waals surface area (Å²) in [6.45, 7) is -0.314. The molecule has 0 spiro atoms. The zero-order chi connectivity index (χ0) is 16.0. The lowest BCUT2D eigenvalue weighted by Crippen LogP contribution is -2.38. The van der Waals surface area contributed by atoms with E-state index >= 15 is 0 Å². The van der Waals surface area contributed by atoms with Crippen molar-refractivity contribution < 1.29 is 24.9 Å². The molecule has 0 aromatic carbocycles. The number of carboxylic acids is 1. The van der Waals surface area contributed by atoms with Crippen LogP contribution in [0.25, 0.3) is 0 Å². The van der Waals surface area contributed by atoms with Gasteiger partial charge < -0.3 is 31.7 Å². The Morgan fingerprint density at radius 2 is 2.14 bits per heavy atom. The van der Waals surface area contributed by atoms with E-state index in [4.69, 9.17) is 10.8 Å². The van der Waals surface area contributed by atoms with Gasteiger partial charge in [-0.05, 0) is 6.26 Å². The number of amides is 1. The average molecular weight is 317 g/mol. The minimum Gasteiger partial charge on any atom is -0.479 e. The van der Waals surface area contributed by atoms with E-state index in [9.17, 15) is 19.8 Å². The number of rotatable bonds is 8. The van der Waals surface area contributed by atoms with Gasteiger partial charge in [0.2, 0.25) is 6.41 Å². The normalized spacial score (nSPS) is 13.3. The van der Waals surface area contributed by atoms with Crippen molar-refractivity contribution in [3.05, 3.63) is 0 Å². The third kappa shape index (κ3) is 4.44. The van der Waals surface area contributed by atoms with Crippen LogP contribution in [-0.4, -0.2) is 62.7 Å². The lowest BCUT2D eigenvalue weighted by Gasteiger charge is -2.17. The number of thioether (sulfide) groups is 1. The maximum atomic E-state index is 10.5. The zero-order valence-electron chi connectivity index (χ0n) is 11.0. The number of carbonyl (C=O) groups excluding carboxylic acids is 1. The molecule has 2 atom stereocenters. The van der Waals surface area contributed by atoms with Gasteiger partial charge in [-0.1, -0.05) is 11.8 Å². The smallest absolute Gasteiger partial charge is 0.335 e. The number of aliphatic hydroxyl groups is 2. The summed E-state index contributed by atoms with van der Waals surface area (Å²) < 4.78 is 0. The van der Waals surface area contributed by atoms with Gasteiger partial charge in [0, 0.05) is 6.54 Å². The highest BCUT2D eigenvalue weighted by atomic mass is 32.2. The summed E-state index contributed by atoms with van der Waals surface area (Å²) in [6, 6.07) is 0. The number of carbonyl (C=O) groups is 2. The Morgan fingerprint density at radius 1 is 1.48 bits per heavy atom. The van der Waals surface area contributed by atoms with Gasteiger partial charge in [0.25, 0.3) is 0 Å². The summed E-state index contributed by atoms with van der Waals surface area (Å²) in [5.41, 5.74) is 5.76. The summed E-state index contributed by atoms with van der Waals surface area (Å²) >= 11 is 1.21. The van der Waals surface area contributed by atoms with Crippen molar-refractivity contribution in [1.82, 2.24) is 9.97 Å². The van der Waals surface area contributed by atoms with Gasteiger partial charge in [-0.25, -0.2) is 14.8 Å². The predicted octanol–water partition coefficient (Wildman–Crippen LogP) is -1.43. The number of hydrogen-bond acceptors (Lipinski definition) is 9. The molecule has 10 nitrogen and oxygen atoms in total. The molecular weight excluding hydrogens is 302 g/mol. The minimum atomic E-state index is -1.95. The number of carboxylic acid groups (broad SMARTS) is 1. The Balaban J connectivity index is 2.92. The molecule has 116 valence electrons. The number of hydrogen-bond donors (Lipinski definition) is 6. The average Bonchev–Trinajstić information content (AvgIpc) is 2.46. The molecule has 0 bridgehead atoms. The van der Waals surface area contributed by atoms with Crippen LogP contribution in [0.15, 0.2) is 5.16 Å². The van der Waals surface area contributed by atoms with Gasteiger partial charge in [-0.2, -0.15) is 0 Å². The molecule has 7 N–H and O–H groups in total. The number of nitrogens with two attached hydrogens (primary N) is 1. The van der Waals surface area contributed by atoms with Crippen molar-refractivity contribution >= 4 is 41.5 Å². The van der Waals surface area contributed by atoms with Crippen LogP contribution in [-0.2, 0) is 9.59 Å².